The molecule has 0 saturated heterocycles. The Kier molecular flexibility index (Phi) is 5.14. The van der Waals surface area contributed by atoms with E-state index in [2.05, 4.69) is 10.6 Å². The first-order valence-electron chi connectivity index (χ1n) is 6.87. The maximum Gasteiger partial charge on any atom is 0.233 e. The number of nitrogens with one attached hydrogen (secondary N) is 2. The van der Waals surface area contributed by atoms with Gasteiger partial charge in [0.1, 0.15) is 12.2 Å². The molecule has 22 heavy (non-hydrogen) atoms. The lowest BCUT2D eigenvalue weighted by Gasteiger charge is -2.08. The van der Waals surface area contributed by atoms with Crippen LogP contribution in [0.1, 0.15) is 12.0 Å². The number of hydrogen-bond acceptors (Lipinski definition) is 3. The van der Waals surface area contributed by atoms with Crippen molar-refractivity contribution in [3.63, 3.8) is 0 Å². The second-order valence-electron chi connectivity index (χ2n) is 4.87. The van der Waals surface area contributed by atoms with E-state index in [1.165, 1.54) is 0 Å². The first kappa shape index (κ1) is 15.6. The highest BCUT2D eigenvalue weighted by Gasteiger charge is 2.10. The summed E-state index contributed by atoms with van der Waals surface area (Å²) in [5, 5.41) is 5.35. The van der Waals surface area contributed by atoms with Crippen molar-refractivity contribution in [1.82, 2.24) is 0 Å². The number of benzene rings is 2. The van der Waals surface area contributed by atoms with E-state index in [1.807, 2.05) is 19.1 Å². The molecule has 0 unspecified atom stereocenters. The van der Waals surface area contributed by atoms with Crippen molar-refractivity contribution in [2.75, 3.05) is 17.7 Å². The Bertz CT molecular complexity index is 666. The van der Waals surface area contributed by atoms with Crippen LogP contribution in [0.3, 0.4) is 0 Å². The van der Waals surface area contributed by atoms with Crippen LogP contribution in [0.25, 0.3) is 0 Å². The fourth-order valence-corrected chi connectivity index (χ4v) is 1.89. The molecule has 0 spiro atoms. The summed E-state index contributed by atoms with van der Waals surface area (Å²) < 4.78 is 5.08. The van der Waals surface area contributed by atoms with Gasteiger partial charge in [-0.05, 0) is 31.2 Å². The minimum atomic E-state index is -0.377. The first-order chi connectivity index (χ1) is 10.6. The van der Waals surface area contributed by atoms with Crippen LogP contribution in [0.4, 0.5) is 11.4 Å². The molecule has 2 rings (SSSR count). The fraction of sp³-hybridized carbons (Fsp3) is 0.176. The highest BCUT2D eigenvalue weighted by atomic mass is 16.5. The van der Waals surface area contributed by atoms with E-state index in [1.54, 1.807) is 43.5 Å². The quantitative estimate of drug-likeness (QED) is 0.834. The van der Waals surface area contributed by atoms with Crippen LogP contribution in [0.2, 0.25) is 0 Å². The molecule has 114 valence electrons. The van der Waals surface area contributed by atoms with Crippen LogP contribution >= 0.6 is 0 Å². The van der Waals surface area contributed by atoms with Gasteiger partial charge in [-0.25, -0.2) is 0 Å². The van der Waals surface area contributed by atoms with E-state index in [0.29, 0.717) is 17.1 Å². The molecule has 0 saturated carbocycles. The molecule has 5 heteroatoms. The van der Waals surface area contributed by atoms with Crippen LogP contribution in [-0.4, -0.2) is 18.9 Å². The number of ether oxygens (including phenoxy) is 1. The van der Waals surface area contributed by atoms with E-state index in [4.69, 9.17) is 4.74 Å². The lowest BCUT2D eigenvalue weighted by Crippen LogP contribution is -2.21. The Labute approximate surface area is 129 Å². The van der Waals surface area contributed by atoms with Gasteiger partial charge in [-0.1, -0.05) is 23.8 Å². The molecule has 0 fully saturated rings. The number of aryl methyl sites for hydroxylation is 1. The van der Waals surface area contributed by atoms with E-state index < -0.39 is 0 Å². The van der Waals surface area contributed by atoms with Crippen molar-refractivity contribution in [3.8, 4) is 5.75 Å². The molecule has 0 bridgehead atoms. The number of carbonyl (C=O) groups excluding carboxylic acids is 2. The molecule has 2 aromatic rings. The minimum absolute atomic E-state index is 0.245. The molecule has 2 amide bonds. The van der Waals surface area contributed by atoms with Gasteiger partial charge in [-0.15, -0.1) is 0 Å². The largest absolute Gasteiger partial charge is 0.497 e. The van der Waals surface area contributed by atoms with Crippen molar-refractivity contribution in [2.24, 2.45) is 0 Å². The van der Waals surface area contributed by atoms with Gasteiger partial charge in [-0.3, -0.25) is 9.59 Å². The maximum atomic E-state index is 11.9. The van der Waals surface area contributed by atoms with Crippen molar-refractivity contribution in [3.05, 3.63) is 54.1 Å². The average Bonchev–Trinajstić information content (AvgIpc) is 2.49. The standard InChI is InChI=1S/C17H18N2O3/c1-12-6-8-13(9-7-12)18-16(20)11-17(21)19-14-4-3-5-15(10-14)22-2/h3-10H,11H2,1-2H3,(H,18,20)(H,19,21). The number of hydrogen-bond donors (Lipinski definition) is 2. The number of amides is 2. The van der Waals surface area contributed by atoms with Crippen LogP contribution in [0.5, 0.6) is 5.75 Å². The SMILES string of the molecule is COc1cccc(NC(=O)CC(=O)Nc2ccc(C)cc2)c1. The van der Waals surface area contributed by atoms with Crippen LogP contribution < -0.4 is 15.4 Å². The predicted octanol–water partition coefficient (Wildman–Crippen LogP) is 2.97. The van der Waals surface area contributed by atoms with Gasteiger partial charge in [-0.2, -0.15) is 0 Å². The minimum Gasteiger partial charge on any atom is -0.497 e. The predicted molar refractivity (Wildman–Crippen MR) is 86.0 cm³/mol. The Morgan fingerprint density at radius 1 is 0.955 bits per heavy atom. The van der Waals surface area contributed by atoms with Crippen molar-refractivity contribution < 1.29 is 14.3 Å². The lowest BCUT2D eigenvalue weighted by atomic mass is 10.2. The van der Waals surface area contributed by atoms with Crippen LogP contribution in [0, 0.1) is 6.92 Å². The van der Waals surface area contributed by atoms with Gasteiger partial charge in [0.05, 0.1) is 7.11 Å². The Hall–Kier alpha value is -2.82. The first-order valence-corrected chi connectivity index (χ1v) is 6.87. The third-order valence-corrected chi connectivity index (χ3v) is 3.01. The summed E-state index contributed by atoms with van der Waals surface area (Å²) >= 11 is 0. The molecule has 0 heterocycles. The number of rotatable bonds is 5. The summed E-state index contributed by atoms with van der Waals surface area (Å²) in [5.74, 6) is -0.0935. The Morgan fingerprint density at radius 2 is 1.59 bits per heavy atom. The summed E-state index contributed by atoms with van der Waals surface area (Å²) in [5.41, 5.74) is 2.37. The molecular formula is C17H18N2O3. The second-order valence-corrected chi connectivity index (χ2v) is 4.87. The monoisotopic (exact) mass is 298 g/mol. The van der Waals surface area contributed by atoms with Crippen molar-refractivity contribution >= 4 is 23.2 Å². The van der Waals surface area contributed by atoms with E-state index in [9.17, 15) is 9.59 Å². The van der Waals surface area contributed by atoms with Gasteiger partial charge in [0.15, 0.2) is 0 Å². The molecule has 0 aliphatic rings. The molecule has 0 aliphatic heterocycles. The Morgan fingerprint density at radius 3 is 2.23 bits per heavy atom. The van der Waals surface area contributed by atoms with Crippen molar-refractivity contribution in [2.45, 2.75) is 13.3 Å². The summed E-state index contributed by atoms with van der Waals surface area (Å²) in [6, 6.07) is 14.4. The smallest absolute Gasteiger partial charge is 0.233 e. The summed E-state index contributed by atoms with van der Waals surface area (Å²) in [6.07, 6.45) is -0.245. The zero-order valence-electron chi connectivity index (χ0n) is 12.6. The van der Waals surface area contributed by atoms with E-state index in [0.717, 1.165) is 5.56 Å². The molecule has 2 aromatic carbocycles. The normalized spacial score (nSPS) is 9.91. The molecule has 0 atom stereocenters. The second kappa shape index (κ2) is 7.26. The Balaban J connectivity index is 1.88. The third kappa shape index (κ3) is 4.63. The summed E-state index contributed by atoms with van der Waals surface area (Å²) in [7, 11) is 1.55. The molecule has 0 radical (unpaired) electrons. The number of carbonyl (C=O) groups is 2. The number of methoxy groups -OCH3 is 1. The third-order valence-electron chi connectivity index (χ3n) is 3.01. The van der Waals surface area contributed by atoms with E-state index >= 15 is 0 Å². The zero-order valence-corrected chi connectivity index (χ0v) is 12.6. The molecule has 5 nitrogen and oxygen atoms in total. The van der Waals surface area contributed by atoms with Gasteiger partial charge in [0.2, 0.25) is 11.8 Å². The van der Waals surface area contributed by atoms with Gasteiger partial charge < -0.3 is 15.4 Å². The van der Waals surface area contributed by atoms with Gasteiger partial charge >= 0.3 is 0 Å². The average molecular weight is 298 g/mol. The van der Waals surface area contributed by atoms with Gasteiger partial charge in [0, 0.05) is 17.4 Å². The molecular weight excluding hydrogens is 280 g/mol. The van der Waals surface area contributed by atoms with Gasteiger partial charge in [0.25, 0.3) is 0 Å². The van der Waals surface area contributed by atoms with Crippen LogP contribution in [-0.2, 0) is 9.59 Å². The summed E-state index contributed by atoms with van der Waals surface area (Å²) in [6.45, 7) is 1.97. The van der Waals surface area contributed by atoms with Crippen molar-refractivity contribution in [1.29, 1.82) is 0 Å². The maximum absolute atomic E-state index is 11.9. The molecule has 0 aromatic heterocycles. The molecule has 0 aliphatic carbocycles. The van der Waals surface area contributed by atoms with E-state index in [-0.39, 0.29) is 18.2 Å². The number of anilines is 2. The zero-order chi connectivity index (χ0) is 15.9. The molecule has 2 N–H and O–H groups in total. The van der Waals surface area contributed by atoms with Crippen LogP contribution in [0.15, 0.2) is 48.5 Å². The topological polar surface area (TPSA) is 67.4 Å². The highest BCUT2D eigenvalue weighted by molar-refractivity contribution is 6.08. The lowest BCUT2D eigenvalue weighted by molar-refractivity contribution is -0.123. The highest BCUT2D eigenvalue weighted by Crippen LogP contribution is 2.17. The fourth-order valence-electron chi connectivity index (χ4n) is 1.89. The summed E-state index contributed by atoms with van der Waals surface area (Å²) in [4.78, 5) is 23.7.